The van der Waals surface area contributed by atoms with E-state index in [1.807, 2.05) is 27.1 Å². The van der Waals surface area contributed by atoms with Crippen LogP contribution in [0.2, 0.25) is 0 Å². The number of aromatic nitrogens is 4. The molecule has 2 heterocycles. The largest absolute Gasteiger partial charge is 0.323 e. The van der Waals surface area contributed by atoms with Crippen LogP contribution < -0.4 is 5.32 Å². The summed E-state index contributed by atoms with van der Waals surface area (Å²) < 4.78 is 3.96. The Labute approximate surface area is 108 Å². The van der Waals surface area contributed by atoms with Gasteiger partial charge in [0.25, 0.3) is 0 Å². The minimum absolute atomic E-state index is 0.592. The topological polar surface area (TPSA) is 47.7 Å². The number of anilines is 2. The van der Waals surface area contributed by atoms with Crippen LogP contribution in [0.15, 0.2) is 12.4 Å². The monoisotopic (exact) mass is 247 g/mol. The molecule has 0 atom stereocenters. The Bertz CT molecular complexity index is 536. The van der Waals surface area contributed by atoms with E-state index in [1.54, 1.807) is 4.68 Å². The van der Waals surface area contributed by atoms with E-state index >= 15 is 0 Å². The molecule has 0 aliphatic carbocycles. The normalized spacial score (nSPS) is 11.2. The van der Waals surface area contributed by atoms with Crippen LogP contribution in [0.5, 0.6) is 0 Å². The number of aryl methyl sites for hydroxylation is 3. The SMILES string of the molecule is Cc1cn(CC(C)C)c(Nc2cn(C)nc2C)n1. The van der Waals surface area contributed by atoms with Crippen LogP contribution in [0.3, 0.4) is 0 Å². The number of nitrogens with one attached hydrogen (secondary N) is 1. The lowest BCUT2D eigenvalue weighted by atomic mass is 10.2. The first kappa shape index (κ1) is 12.7. The van der Waals surface area contributed by atoms with E-state index < -0.39 is 0 Å². The molecule has 0 unspecified atom stereocenters. The summed E-state index contributed by atoms with van der Waals surface area (Å²) in [4.78, 5) is 4.52. The molecule has 0 saturated carbocycles. The molecule has 0 radical (unpaired) electrons. The number of rotatable bonds is 4. The minimum Gasteiger partial charge on any atom is -0.323 e. The molecule has 2 aromatic rings. The van der Waals surface area contributed by atoms with Crippen molar-refractivity contribution < 1.29 is 0 Å². The highest BCUT2D eigenvalue weighted by Crippen LogP contribution is 2.19. The van der Waals surface area contributed by atoms with Gasteiger partial charge in [-0.25, -0.2) is 4.98 Å². The number of imidazole rings is 1. The maximum Gasteiger partial charge on any atom is 0.207 e. The minimum atomic E-state index is 0.592. The summed E-state index contributed by atoms with van der Waals surface area (Å²) in [6, 6.07) is 0. The summed E-state index contributed by atoms with van der Waals surface area (Å²) >= 11 is 0. The fraction of sp³-hybridized carbons (Fsp3) is 0.538. The van der Waals surface area contributed by atoms with Crippen molar-refractivity contribution in [2.45, 2.75) is 34.2 Å². The van der Waals surface area contributed by atoms with Crippen molar-refractivity contribution in [3.8, 4) is 0 Å². The van der Waals surface area contributed by atoms with E-state index in [-0.39, 0.29) is 0 Å². The molecular weight excluding hydrogens is 226 g/mol. The van der Waals surface area contributed by atoms with Crippen LogP contribution in [0.25, 0.3) is 0 Å². The molecule has 0 saturated heterocycles. The van der Waals surface area contributed by atoms with Crippen molar-refractivity contribution in [3.63, 3.8) is 0 Å². The lowest BCUT2D eigenvalue weighted by molar-refractivity contribution is 0.527. The van der Waals surface area contributed by atoms with Gasteiger partial charge in [-0.15, -0.1) is 0 Å². The molecule has 2 aromatic heterocycles. The van der Waals surface area contributed by atoms with Gasteiger partial charge in [0.1, 0.15) is 0 Å². The third-order valence-corrected chi connectivity index (χ3v) is 2.72. The molecule has 0 fully saturated rings. The average molecular weight is 247 g/mol. The van der Waals surface area contributed by atoms with E-state index in [4.69, 9.17) is 0 Å². The van der Waals surface area contributed by atoms with Crippen molar-refractivity contribution in [1.82, 2.24) is 19.3 Å². The second kappa shape index (κ2) is 4.84. The molecule has 18 heavy (non-hydrogen) atoms. The molecule has 0 aromatic carbocycles. The van der Waals surface area contributed by atoms with Crippen LogP contribution in [-0.2, 0) is 13.6 Å². The van der Waals surface area contributed by atoms with E-state index in [0.29, 0.717) is 5.92 Å². The Hall–Kier alpha value is -1.78. The van der Waals surface area contributed by atoms with Crippen LogP contribution in [0, 0.1) is 19.8 Å². The van der Waals surface area contributed by atoms with Gasteiger partial charge in [0.2, 0.25) is 5.95 Å². The van der Waals surface area contributed by atoms with Crippen LogP contribution in [0.4, 0.5) is 11.6 Å². The Morgan fingerprint density at radius 1 is 1.28 bits per heavy atom. The van der Waals surface area contributed by atoms with Gasteiger partial charge in [0.15, 0.2) is 0 Å². The van der Waals surface area contributed by atoms with Crippen molar-refractivity contribution in [2.75, 3.05) is 5.32 Å². The highest BCUT2D eigenvalue weighted by atomic mass is 15.3. The number of hydrogen-bond acceptors (Lipinski definition) is 3. The molecule has 0 spiro atoms. The quantitative estimate of drug-likeness (QED) is 0.903. The molecule has 0 amide bonds. The lowest BCUT2D eigenvalue weighted by Gasteiger charge is -2.10. The first-order valence-corrected chi connectivity index (χ1v) is 6.26. The predicted molar refractivity (Wildman–Crippen MR) is 73.0 cm³/mol. The fourth-order valence-electron chi connectivity index (χ4n) is 2.02. The smallest absolute Gasteiger partial charge is 0.207 e. The zero-order chi connectivity index (χ0) is 13.3. The molecule has 1 N–H and O–H groups in total. The summed E-state index contributed by atoms with van der Waals surface area (Å²) in [7, 11) is 1.92. The maximum atomic E-state index is 4.52. The van der Waals surface area contributed by atoms with E-state index in [2.05, 4.69) is 40.0 Å². The predicted octanol–water partition coefficient (Wildman–Crippen LogP) is 2.63. The third kappa shape index (κ3) is 2.72. The number of hydrogen-bond donors (Lipinski definition) is 1. The highest BCUT2D eigenvalue weighted by molar-refractivity contribution is 5.55. The molecule has 5 nitrogen and oxygen atoms in total. The molecule has 0 bridgehead atoms. The summed E-state index contributed by atoms with van der Waals surface area (Å²) in [5.41, 5.74) is 3.02. The standard InChI is InChI=1S/C13H21N5/c1-9(2)6-18-7-10(3)14-13(18)15-12-8-17(5)16-11(12)4/h7-9H,6H2,1-5H3,(H,14,15). The molecule has 0 aliphatic rings. The molecule has 98 valence electrons. The molecule has 0 aliphatic heterocycles. The van der Waals surface area contributed by atoms with E-state index in [0.717, 1.165) is 29.6 Å². The van der Waals surface area contributed by atoms with Gasteiger partial charge < -0.3 is 9.88 Å². The van der Waals surface area contributed by atoms with Crippen LogP contribution in [-0.4, -0.2) is 19.3 Å². The van der Waals surface area contributed by atoms with Crippen molar-refractivity contribution >= 4 is 11.6 Å². The number of nitrogens with zero attached hydrogens (tertiary/aromatic N) is 4. The van der Waals surface area contributed by atoms with Gasteiger partial charge in [-0.1, -0.05) is 13.8 Å². The van der Waals surface area contributed by atoms with Crippen LogP contribution in [0.1, 0.15) is 25.2 Å². The van der Waals surface area contributed by atoms with Crippen molar-refractivity contribution in [3.05, 3.63) is 23.8 Å². The first-order valence-electron chi connectivity index (χ1n) is 6.26. The summed E-state index contributed by atoms with van der Waals surface area (Å²) in [5.74, 6) is 1.48. The Morgan fingerprint density at radius 3 is 2.56 bits per heavy atom. The molecule has 5 heteroatoms. The second-order valence-corrected chi connectivity index (χ2v) is 5.18. The maximum absolute atomic E-state index is 4.52. The summed E-state index contributed by atoms with van der Waals surface area (Å²) in [6.45, 7) is 9.37. The summed E-state index contributed by atoms with van der Waals surface area (Å²) in [5, 5.41) is 7.68. The third-order valence-electron chi connectivity index (χ3n) is 2.72. The Morgan fingerprint density at radius 2 is 2.00 bits per heavy atom. The van der Waals surface area contributed by atoms with Crippen molar-refractivity contribution in [2.24, 2.45) is 13.0 Å². The van der Waals surface area contributed by atoms with E-state index in [9.17, 15) is 0 Å². The first-order chi connectivity index (χ1) is 8.45. The zero-order valence-electron chi connectivity index (χ0n) is 11.7. The molecule has 2 rings (SSSR count). The average Bonchev–Trinajstić information content (AvgIpc) is 2.71. The van der Waals surface area contributed by atoms with Crippen LogP contribution >= 0.6 is 0 Å². The van der Waals surface area contributed by atoms with Gasteiger partial charge in [-0.3, -0.25) is 4.68 Å². The Balaban J connectivity index is 2.25. The Kier molecular flexibility index (Phi) is 3.41. The van der Waals surface area contributed by atoms with E-state index in [1.165, 1.54) is 0 Å². The second-order valence-electron chi connectivity index (χ2n) is 5.18. The summed E-state index contributed by atoms with van der Waals surface area (Å²) in [6.07, 6.45) is 4.05. The van der Waals surface area contributed by atoms with Gasteiger partial charge in [-0.05, 0) is 19.8 Å². The van der Waals surface area contributed by atoms with Gasteiger partial charge >= 0.3 is 0 Å². The van der Waals surface area contributed by atoms with Gasteiger partial charge in [0, 0.05) is 26.0 Å². The van der Waals surface area contributed by atoms with Gasteiger partial charge in [-0.2, -0.15) is 5.10 Å². The lowest BCUT2D eigenvalue weighted by Crippen LogP contribution is -2.07. The zero-order valence-corrected chi connectivity index (χ0v) is 11.7. The van der Waals surface area contributed by atoms with Crippen molar-refractivity contribution in [1.29, 1.82) is 0 Å². The van der Waals surface area contributed by atoms with Gasteiger partial charge in [0.05, 0.1) is 17.1 Å². The fourth-order valence-corrected chi connectivity index (χ4v) is 2.02. The highest BCUT2D eigenvalue weighted by Gasteiger charge is 2.10. The molecular formula is C13H21N5.